The molecule has 3 rings (SSSR count). The maximum absolute atomic E-state index is 8.67. The Balaban J connectivity index is 1.65. The second kappa shape index (κ2) is 5.24. The Labute approximate surface area is 114 Å². The summed E-state index contributed by atoms with van der Waals surface area (Å²) in [5.41, 5.74) is 0.851. The predicted octanol–water partition coefficient (Wildman–Crippen LogP) is 1.74. The summed E-state index contributed by atoms with van der Waals surface area (Å²) < 4.78 is 6.85. The third-order valence-electron chi connectivity index (χ3n) is 2.64. The van der Waals surface area contributed by atoms with E-state index < -0.39 is 0 Å². The molecule has 0 atom stereocenters. The molecule has 3 aromatic rings. The summed E-state index contributed by atoms with van der Waals surface area (Å²) in [7, 11) is 0. The first-order chi connectivity index (χ1) is 9.85. The molecule has 20 heavy (non-hydrogen) atoms. The molecule has 0 unspecified atom stereocenters. The van der Waals surface area contributed by atoms with Gasteiger partial charge in [-0.1, -0.05) is 0 Å². The van der Waals surface area contributed by atoms with Crippen LogP contribution in [0.3, 0.4) is 0 Å². The monoisotopic (exact) mass is 266 g/mol. The van der Waals surface area contributed by atoms with E-state index in [1.165, 1.54) is 6.33 Å². The average molecular weight is 266 g/mol. The summed E-state index contributed by atoms with van der Waals surface area (Å²) in [4.78, 5) is 8.13. The highest BCUT2D eigenvalue weighted by molar-refractivity contribution is 5.43. The van der Waals surface area contributed by atoms with Crippen LogP contribution >= 0.6 is 0 Å². The first-order valence-corrected chi connectivity index (χ1v) is 5.89. The molecule has 0 aliphatic carbocycles. The molecule has 0 fully saturated rings. The normalized spacial score (nSPS) is 10.2. The second-order valence-electron chi connectivity index (χ2n) is 3.98. The van der Waals surface area contributed by atoms with E-state index in [4.69, 9.17) is 9.68 Å². The van der Waals surface area contributed by atoms with Crippen molar-refractivity contribution in [2.75, 3.05) is 5.32 Å². The molecule has 0 saturated carbocycles. The predicted molar refractivity (Wildman–Crippen MR) is 69.9 cm³/mol. The Hall–Kier alpha value is -3.14. The van der Waals surface area contributed by atoms with Crippen LogP contribution in [0.25, 0.3) is 5.82 Å². The van der Waals surface area contributed by atoms with Crippen molar-refractivity contribution in [2.45, 2.75) is 6.54 Å². The van der Waals surface area contributed by atoms with Crippen LogP contribution in [0, 0.1) is 11.3 Å². The lowest BCUT2D eigenvalue weighted by atomic mass is 10.3. The van der Waals surface area contributed by atoms with E-state index in [1.807, 2.05) is 18.2 Å². The van der Waals surface area contributed by atoms with E-state index in [9.17, 15) is 0 Å². The van der Waals surface area contributed by atoms with Crippen LogP contribution in [-0.2, 0) is 6.54 Å². The third-order valence-corrected chi connectivity index (χ3v) is 2.64. The van der Waals surface area contributed by atoms with E-state index >= 15 is 0 Å². The van der Waals surface area contributed by atoms with Gasteiger partial charge in [0.15, 0.2) is 5.82 Å². The van der Waals surface area contributed by atoms with Crippen molar-refractivity contribution < 1.29 is 4.42 Å². The van der Waals surface area contributed by atoms with Crippen molar-refractivity contribution in [1.82, 2.24) is 19.7 Å². The Morgan fingerprint density at radius 3 is 2.90 bits per heavy atom. The molecule has 0 amide bonds. The summed E-state index contributed by atoms with van der Waals surface area (Å²) in [6.07, 6.45) is 4.74. The van der Waals surface area contributed by atoms with Gasteiger partial charge in [0, 0.05) is 0 Å². The van der Waals surface area contributed by atoms with E-state index in [-0.39, 0.29) is 0 Å². The topological polar surface area (TPSA) is 92.6 Å². The highest BCUT2D eigenvalue weighted by Crippen LogP contribution is 2.12. The fraction of sp³-hybridized carbons (Fsp3) is 0.0769. The van der Waals surface area contributed by atoms with E-state index in [1.54, 1.807) is 29.3 Å². The standard InChI is InChI=1S/C13H10N6O/c14-5-11-2-3-12(20-11)7-16-10-1-4-13(17-6-10)19-9-15-8-18-19/h1-4,6,8-9,16H,7H2. The summed E-state index contributed by atoms with van der Waals surface area (Å²) in [6, 6.07) is 9.08. The van der Waals surface area contributed by atoms with Crippen molar-refractivity contribution in [3.63, 3.8) is 0 Å². The number of hydrogen-bond donors (Lipinski definition) is 1. The van der Waals surface area contributed by atoms with Crippen LogP contribution in [0.5, 0.6) is 0 Å². The van der Waals surface area contributed by atoms with Crippen LogP contribution in [0.1, 0.15) is 11.5 Å². The number of hydrogen-bond acceptors (Lipinski definition) is 6. The van der Waals surface area contributed by atoms with Crippen molar-refractivity contribution in [2.24, 2.45) is 0 Å². The van der Waals surface area contributed by atoms with Gasteiger partial charge in [-0.25, -0.2) is 14.6 Å². The molecule has 0 aliphatic heterocycles. The van der Waals surface area contributed by atoms with E-state index in [0.29, 0.717) is 23.9 Å². The van der Waals surface area contributed by atoms with Gasteiger partial charge in [-0.2, -0.15) is 10.4 Å². The highest BCUT2D eigenvalue weighted by Gasteiger charge is 2.02. The molecule has 98 valence electrons. The van der Waals surface area contributed by atoms with Crippen LogP contribution in [-0.4, -0.2) is 19.7 Å². The second-order valence-corrected chi connectivity index (χ2v) is 3.98. The van der Waals surface area contributed by atoms with Gasteiger partial charge in [-0.3, -0.25) is 0 Å². The van der Waals surface area contributed by atoms with Gasteiger partial charge in [-0.15, -0.1) is 0 Å². The van der Waals surface area contributed by atoms with Gasteiger partial charge in [0.05, 0.1) is 18.4 Å². The van der Waals surface area contributed by atoms with Crippen molar-refractivity contribution >= 4 is 5.69 Å². The number of aromatic nitrogens is 4. The molecule has 0 aliphatic rings. The fourth-order valence-corrected chi connectivity index (χ4v) is 1.67. The summed E-state index contributed by atoms with van der Waals surface area (Å²) in [5.74, 6) is 1.70. The molecule has 3 aromatic heterocycles. The first kappa shape index (κ1) is 11.9. The Morgan fingerprint density at radius 1 is 1.30 bits per heavy atom. The Kier molecular flexibility index (Phi) is 3.12. The van der Waals surface area contributed by atoms with Crippen molar-refractivity contribution in [1.29, 1.82) is 5.26 Å². The number of nitrogens with zero attached hydrogens (tertiary/aromatic N) is 5. The zero-order valence-corrected chi connectivity index (χ0v) is 10.4. The Bertz CT molecular complexity index is 723. The smallest absolute Gasteiger partial charge is 0.203 e. The van der Waals surface area contributed by atoms with Gasteiger partial charge in [-0.05, 0) is 24.3 Å². The summed E-state index contributed by atoms with van der Waals surface area (Å²) >= 11 is 0. The maximum Gasteiger partial charge on any atom is 0.203 e. The number of pyridine rings is 1. The van der Waals surface area contributed by atoms with Gasteiger partial charge in [0.25, 0.3) is 0 Å². The van der Waals surface area contributed by atoms with Crippen LogP contribution in [0.4, 0.5) is 5.69 Å². The number of furan rings is 1. The minimum Gasteiger partial charge on any atom is -0.449 e. The Morgan fingerprint density at radius 2 is 2.25 bits per heavy atom. The molecule has 0 aromatic carbocycles. The summed E-state index contributed by atoms with van der Waals surface area (Å²) in [6.45, 7) is 0.492. The van der Waals surface area contributed by atoms with Gasteiger partial charge >= 0.3 is 0 Å². The van der Waals surface area contributed by atoms with Gasteiger partial charge < -0.3 is 9.73 Å². The van der Waals surface area contributed by atoms with Crippen molar-refractivity contribution in [3.05, 3.63) is 54.6 Å². The van der Waals surface area contributed by atoms with Crippen molar-refractivity contribution in [3.8, 4) is 11.9 Å². The fourth-order valence-electron chi connectivity index (χ4n) is 1.67. The van der Waals surface area contributed by atoms with E-state index in [2.05, 4.69) is 20.4 Å². The minimum atomic E-state index is 0.307. The minimum absolute atomic E-state index is 0.307. The van der Waals surface area contributed by atoms with E-state index in [0.717, 1.165) is 5.69 Å². The van der Waals surface area contributed by atoms with Gasteiger partial charge in [0.2, 0.25) is 5.76 Å². The molecule has 0 radical (unpaired) electrons. The SMILES string of the molecule is N#Cc1ccc(CNc2ccc(-n3cncn3)nc2)o1. The lowest BCUT2D eigenvalue weighted by Gasteiger charge is -2.05. The molecule has 0 bridgehead atoms. The maximum atomic E-state index is 8.67. The quantitative estimate of drug-likeness (QED) is 0.773. The number of nitriles is 1. The molecule has 7 nitrogen and oxygen atoms in total. The molecule has 0 saturated heterocycles. The molecule has 7 heteroatoms. The van der Waals surface area contributed by atoms with Gasteiger partial charge in [0.1, 0.15) is 24.5 Å². The number of nitrogens with one attached hydrogen (secondary N) is 1. The molecule has 3 heterocycles. The zero-order valence-electron chi connectivity index (χ0n) is 10.4. The first-order valence-electron chi connectivity index (χ1n) is 5.89. The van der Waals surface area contributed by atoms with Crippen LogP contribution in [0.15, 0.2) is 47.5 Å². The number of anilines is 1. The van der Waals surface area contributed by atoms with Crippen LogP contribution in [0.2, 0.25) is 0 Å². The third kappa shape index (κ3) is 2.49. The number of rotatable bonds is 4. The lowest BCUT2D eigenvalue weighted by Crippen LogP contribution is -2.01. The zero-order chi connectivity index (χ0) is 13.8. The highest BCUT2D eigenvalue weighted by atomic mass is 16.3. The lowest BCUT2D eigenvalue weighted by molar-refractivity contribution is 0.506. The largest absolute Gasteiger partial charge is 0.449 e. The molecule has 1 N–H and O–H groups in total. The molecular weight excluding hydrogens is 256 g/mol. The van der Waals surface area contributed by atoms with Crippen LogP contribution < -0.4 is 5.32 Å². The average Bonchev–Trinajstić information content (AvgIpc) is 3.17. The molecule has 0 spiro atoms. The molecular formula is C13H10N6O. The summed E-state index contributed by atoms with van der Waals surface area (Å²) in [5, 5.41) is 15.8.